The lowest BCUT2D eigenvalue weighted by Gasteiger charge is -2.35. The monoisotopic (exact) mass is 655 g/mol. The number of hydrogen-bond donors (Lipinski definition) is 1. The molecule has 9 heteroatoms. The molecule has 0 heterocycles. The van der Waals surface area contributed by atoms with Crippen molar-refractivity contribution >= 4 is 27.5 Å². The summed E-state index contributed by atoms with van der Waals surface area (Å²) in [6.45, 7) is 3.12. The number of para-hydroxylation sites is 1. The van der Waals surface area contributed by atoms with Gasteiger partial charge >= 0.3 is 0 Å². The lowest BCUT2D eigenvalue weighted by Crippen LogP contribution is -2.55. The molecule has 1 saturated carbocycles. The van der Waals surface area contributed by atoms with Crippen LogP contribution >= 0.6 is 0 Å². The second kappa shape index (κ2) is 15.4. The molecule has 0 unspecified atom stereocenters. The molecule has 0 aromatic heterocycles. The Bertz CT molecular complexity index is 1760. The average molecular weight is 656 g/mol. The quantitative estimate of drug-likeness (QED) is 0.184. The van der Waals surface area contributed by atoms with E-state index in [9.17, 15) is 22.4 Å². The number of nitrogens with zero attached hydrogens (tertiary/aromatic N) is 2. The highest BCUT2D eigenvalue weighted by molar-refractivity contribution is 7.92. The Morgan fingerprint density at radius 2 is 1.45 bits per heavy atom. The van der Waals surface area contributed by atoms with Gasteiger partial charge in [-0.05, 0) is 73.7 Å². The van der Waals surface area contributed by atoms with E-state index in [4.69, 9.17) is 0 Å². The van der Waals surface area contributed by atoms with Gasteiger partial charge in [-0.2, -0.15) is 0 Å². The maximum Gasteiger partial charge on any atom is 0.264 e. The van der Waals surface area contributed by atoms with E-state index in [-0.39, 0.29) is 29.8 Å². The van der Waals surface area contributed by atoms with Gasteiger partial charge in [-0.3, -0.25) is 13.9 Å². The Morgan fingerprint density at radius 3 is 2.11 bits per heavy atom. The topological polar surface area (TPSA) is 86.8 Å². The minimum Gasteiger partial charge on any atom is -0.352 e. The van der Waals surface area contributed by atoms with Crippen LogP contribution in [0.25, 0.3) is 0 Å². The fraction of sp³-hybridized carbons (Fsp3) is 0.316. The highest BCUT2D eigenvalue weighted by Crippen LogP contribution is 2.28. The van der Waals surface area contributed by atoms with Crippen molar-refractivity contribution in [3.8, 4) is 0 Å². The number of anilines is 1. The van der Waals surface area contributed by atoms with Crippen molar-refractivity contribution in [2.75, 3.05) is 10.8 Å². The van der Waals surface area contributed by atoms with E-state index in [1.807, 2.05) is 43.3 Å². The molecule has 47 heavy (non-hydrogen) atoms. The summed E-state index contributed by atoms with van der Waals surface area (Å²) in [5.41, 5.74) is 3.43. The molecule has 1 atom stereocenters. The first-order chi connectivity index (χ1) is 22.6. The summed E-state index contributed by atoms with van der Waals surface area (Å²) in [6.07, 6.45) is 5.13. The number of halogens is 1. The molecule has 0 aliphatic heterocycles. The largest absolute Gasteiger partial charge is 0.352 e. The van der Waals surface area contributed by atoms with Gasteiger partial charge in [-0.1, -0.05) is 97.6 Å². The SMILES string of the molecule is Cc1ccc(S(=O)(=O)N(CC(=O)N(Cc2ccc(F)cc2)[C@@H](Cc2ccccc2)C(=O)NC2CCCCC2)c2ccccc2C)cc1. The molecule has 1 aliphatic carbocycles. The lowest BCUT2D eigenvalue weighted by atomic mass is 9.94. The van der Waals surface area contributed by atoms with Gasteiger partial charge in [0.2, 0.25) is 11.8 Å². The number of aryl methyl sites for hydroxylation is 2. The van der Waals surface area contributed by atoms with Crippen molar-refractivity contribution in [2.45, 2.75) is 75.9 Å². The first kappa shape index (κ1) is 33.9. The van der Waals surface area contributed by atoms with Crippen LogP contribution in [-0.2, 0) is 32.6 Å². The summed E-state index contributed by atoms with van der Waals surface area (Å²) in [7, 11) is -4.19. The molecule has 1 N–H and O–H groups in total. The zero-order valence-corrected chi connectivity index (χ0v) is 27.8. The average Bonchev–Trinajstić information content (AvgIpc) is 3.07. The molecule has 0 saturated heterocycles. The number of carbonyl (C=O) groups is 2. The molecule has 1 aliphatic rings. The number of hydrogen-bond acceptors (Lipinski definition) is 4. The molecule has 4 aromatic carbocycles. The lowest BCUT2D eigenvalue weighted by molar-refractivity contribution is -0.140. The number of benzene rings is 4. The Balaban J connectivity index is 1.56. The number of carbonyl (C=O) groups excluding carboxylic acids is 2. The van der Waals surface area contributed by atoms with Crippen LogP contribution in [-0.4, -0.2) is 43.8 Å². The van der Waals surface area contributed by atoms with Crippen LogP contribution in [0.4, 0.5) is 10.1 Å². The summed E-state index contributed by atoms with van der Waals surface area (Å²) in [5.74, 6) is -1.26. The van der Waals surface area contributed by atoms with E-state index >= 15 is 0 Å². The standard InChI is InChI=1S/C38H42FN3O4S/c1-28-17-23-34(24-18-28)47(45,46)42(35-16-10-9-11-29(35)2)27-37(43)41(26-31-19-21-32(39)22-20-31)36(25-30-12-5-3-6-13-30)38(44)40-33-14-7-4-8-15-33/h3,5-6,9-13,16-24,33,36H,4,7-8,14-15,25-27H2,1-2H3,(H,40,44)/t36-/m0/s1. The number of sulfonamides is 1. The highest BCUT2D eigenvalue weighted by Gasteiger charge is 2.35. The molecule has 0 bridgehead atoms. The maximum absolute atomic E-state index is 14.6. The van der Waals surface area contributed by atoms with E-state index in [0.717, 1.165) is 47.5 Å². The van der Waals surface area contributed by atoms with Crippen LogP contribution < -0.4 is 9.62 Å². The molecule has 246 valence electrons. The Kier molecular flexibility index (Phi) is 11.1. The summed E-state index contributed by atoms with van der Waals surface area (Å²) in [5, 5.41) is 3.20. The van der Waals surface area contributed by atoms with E-state index in [0.29, 0.717) is 16.8 Å². The molecule has 2 amide bonds. The molecular weight excluding hydrogens is 614 g/mol. The maximum atomic E-state index is 14.6. The predicted octanol–water partition coefficient (Wildman–Crippen LogP) is 6.73. The van der Waals surface area contributed by atoms with Crippen LogP contribution in [0.5, 0.6) is 0 Å². The van der Waals surface area contributed by atoms with Crippen molar-refractivity contribution in [1.29, 1.82) is 0 Å². The molecule has 5 rings (SSSR count). The third-order valence-electron chi connectivity index (χ3n) is 8.76. The van der Waals surface area contributed by atoms with Gasteiger partial charge in [-0.15, -0.1) is 0 Å². The van der Waals surface area contributed by atoms with Crippen LogP contribution in [0.2, 0.25) is 0 Å². The summed E-state index contributed by atoms with van der Waals surface area (Å²) < 4.78 is 43.5. The van der Waals surface area contributed by atoms with Gasteiger partial charge in [0.05, 0.1) is 10.6 Å². The zero-order valence-electron chi connectivity index (χ0n) is 26.9. The van der Waals surface area contributed by atoms with Crippen molar-refractivity contribution in [3.05, 3.63) is 131 Å². The smallest absolute Gasteiger partial charge is 0.264 e. The first-order valence-corrected chi connectivity index (χ1v) is 17.6. The van der Waals surface area contributed by atoms with Crippen LogP contribution in [0, 0.1) is 19.7 Å². The van der Waals surface area contributed by atoms with Gasteiger partial charge in [0.15, 0.2) is 0 Å². The zero-order chi connectivity index (χ0) is 33.4. The molecule has 7 nitrogen and oxygen atoms in total. The van der Waals surface area contributed by atoms with Crippen LogP contribution in [0.3, 0.4) is 0 Å². The van der Waals surface area contributed by atoms with Gasteiger partial charge < -0.3 is 10.2 Å². The highest BCUT2D eigenvalue weighted by atomic mass is 32.2. The third-order valence-corrected chi connectivity index (χ3v) is 10.5. The van der Waals surface area contributed by atoms with E-state index in [1.165, 1.54) is 29.2 Å². The van der Waals surface area contributed by atoms with E-state index < -0.39 is 34.3 Å². The van der Waals surface area contributed by atoms with Gasteiger partial charge in [0.25, 0.3) is 10.0 Å². The molecular formula is C38H42FN3O4S. The Hall–Kier alpha value is -4.50. The minimum absolute atomic E-state index is 0.00248. The van der Waals surface area contributed by atoms with Crippen LogP contribution in [0.15, 0.2) is 108 Å². The number of nitrogens with one attached hydrogen (secondary N) is 1. The minimum atomic E-state index is -4.19. The molecule has 0 radical (unpaired) electrons. The van der Waals surface area contributed by atoms with E-state index in [1.54, 1.807) is 49.4 Å². The second-order valence-electron chi connectivity index (χ2n) is 12.3. The third kappa shape index (κ3) is 8.65. The van der Waals surface area contributed by atoms with Crippen molar-refractivity contribution in [2.24, 2.45) is 0 Å². The van der Waals surface area contributed by atoms with Crippen molar-refractivity contribution < 1.29 is 22.4 Å². The fourth-order valence-corrected chi connectivity index (χ4v) is 7.56. The molecule has 1 fully saturated rings. The van der Waals surface area contributed by atoms with Crippen molar-refractivity contribution in [1.82, 2.24) is 10.2 Å². The fourth-order valence-electron chi connectivity index (χ4n) is 6.08. The van der Waals surface area contributed by atoms with Gasteiger partial charge in [0.1, 0.15) is 18.4 Å². The van der Waals surface area contributed by atoms with Crippen molar-refractivity contribution in [3.63, 3.8) is 0 Å². The Labute approximate surface area is 277 Å². The predicted molar refractivity (Wildman–Crippen MR) is 183 cm³/mol. The summed E-state index contributed by atoms with van der Waals surface area (Å²) >= 11 is 0. The van der Waals surface area contributed by atoms with E-state index in [2.05, 4.69) is 5.32 Å². The number of rotatable bonds is 12. The number of amides is 2. The van der Waals surface area contributed by atoms with Gasteiger partial charge in [-0.25, -0.2) is 12.8 Å². The van der Waals surface area contributed by atoms with Crippen LogP contribution in [0.1, 0.15) is 54.4 Å². The summed E-state index contributed by atoms with van der Waals surface area (Å²) in [4.78, 5) is 30.3. The molecule has 0 spiro atoms. The summed E-state index contributed by atoms with van der Waals surface area (Å²) in [6, 6.07) is 27.8. The first-order valence-electron chi connectivity index (χ1n) is 16.1. The molecule has 4 aromatic rings. The van der Waals surface area contributed by atoms with Gasteiger partial charge in [0, 0.05) is 19.0 Å². The Morgan fingerprint density at radius 1 is 0.809 bits per heavy atom. The second-order valence-corrected chi connectivity index (χ2v) is 14.2. The normalized spacial score (nSPS) is 14.3.